The summed E-state index contributed by atoms with van der Waals surface area (Å²) in [5, 5.41) is 3.81. The fourth-order valence-corrected chi connectivity index (χ4v) is 15.1. The molecule has 15 rings (SSSR count). The number of nitrogens with zero attached hydrogens (tertiary/aromatic N) is 17. The van der Waals surface area contributed by atoms with Crippen LogP contribution in [0.3, 0.4) is 0 Å². The number of hydrogen-bond acceptors (Lipinski definition) is 21. The zero-order valence-corrected chi connectivity index (χ0v) is 65.9. The van der Waals surface area contributed by atoms with E-state index in [-0.39, 0.29) is 41.5 Å². The number of nitrogens with two attached hydrogens (primary N) is 1. The number of imidazole rings is 3. The van der Waals surface area contributed by atoms with Crippen LogP contribution in [0.25, 0.3) is 51.5 Å². The van der Waals surface area contributed by atoms with Gasteiger partial charge in [-0.15, -0.1) is 0 Å². The molecule has 6 aliphatic heterocycles. The number of rotatable bonds is 19. The van der Waals surface area contributed by atoms with Crippen molar-refractivity contribution in [1.82, 2.24) is 87.9 Å². The van der Waals surface area contributed by atoms with Crippen LogP contribution < -0.4 is 11.1 Å². The number of aromatic nitrogens is 12. The van der Waals surface area contributed by atoms with Crippen LogP contribution in [0.15, 0.2) is 91.8 Å². The van der Waals surface area contributed by atoms with Crippen molar-refractivity contribution < 1.29 is 46.4 Å². The summed E-state index contributed by atoms with van der Waals surface area (Å²) < 4.78 is 74.0. The van der Waals surface area contributed by atoms with Gasteiger partial charge in [-0.3, -0.25) is 27.9 Å². The molecule has 6 saturated heterocycles. The standard InChI is InChI=1S/C29H39FN6O3.C24H31FN6O.C22H25ClFN5O2.C6H14N2O/c1-29(2,3)39-28(37)35-11-4-6-21(19-35)16-24-17-23(7-5-10-34-12-14-38-15-13-34)32-27(33-24)25-18-31-26-9-8-22(30)20-36(25)26;25-19-5-6-23-27-16-22(31(23)17-19)24-28-20(4-2-8-30-9-11-32-12-10-30)14-21(29-24)13-18-3-1-7-26-15-18;1-22(2,3)31-21(30)28-8-4-5-14(12-28)9-16-10-18(23)27-20(26-16)17-11-25-19-7-6-15(24)13-29(17)19;7-1-2-8-3-5-9-6-4-8/h8-9,17-18,20-21H,4-7,10-16,19H2,1-3H3;5-6,14,16-18,26H,1-4,7-13,15H2;6-7,10-11,13-14H,4-5,8-9,12H2,1-3H3;1-7H2/t21-;18-;14-;/m000./s1. The van der Waals surface area contributed by atoms with E-state index in [9.17, 15) is 22.8 Å². The van der Waals surface area contributed by atoms with Crippen LogP contribution in [0.1, 0.15) is 121 Å². The zero-order chi connectivity index (χ0) is 77.9. The molecule has 15 heterocycles. The first-order chi connectivity index (χ1) is 53.6. The van der Waals surface area contributed by atoms with Gasteiger partial charge in [0.05, 0.1) is 58.2 Å². The molecule has 3 atom stereocenters. The number of pyridine rings is 3. The summed E-state index contributed by atoms with van der Waals surface area (Å²) in [5.41, 5.74) is 13.0. The van der Waals surface area contributed by atoms with Gasteiger partial charge in [0.2, 0.25) is 0 Å². The molecule has 0 bridgehead atoms. The summed E-state index contributed by atoms with van der Waals surface area (Å²) >= 11 is 6.28. The van der Waals surface area contributed by atoms with Crippen LogP contribution in [-0.4, -0.2) is 250 Å². The van der Waals surface area contributed by atoms with E-state index in [0.717, 1.165) is 217 Å². The fourth-order valence-electron chi connectivity index (χ4n) is 14.9. The van der Waals surface area contributed by atoms with Crippen LogP contribution in [0, 0.1) is 35.2 Å². The van der Waals surface area contributed by atoms with Crippen molar-refractivity contribution >= 4 is 40.7 Å². The maximum atomic E-state index is 14.1. The Kier molecular flexibility index (Phi) is 29.1. The molecule has 30 heteroatoms. The number of fused-ring (bicyclic) bond motifs is 3. The fraction of sp³-hybridized carbons (Fsp3) is 0.568. The average molecular weight is 1550 g/mol. The molecule has 3 N–H and O–H groups in total. The predicted molar refractivity (Wildman–Crippen MR) is 419 cm³/mol. The first-order valence-electron chi connectivity index (χ1n) is 39.5. The Morgan fingerprint density at radius 1 is 0.495 bits per heavy atom. The largest absolute Gasteiger partial charge is 0.444 e. The van der Waals surface area contributed by atoms with Gasteiger partial charge in [-0.1, -0.05) is 11.6 Å². The molecular weight excluding hydrogens is 1440 g/mol. The van der Waals surface area contributed by atoms with Crippen molar-refractivity contribution in [3.8, 4) is 34.6 Å². The number of piperidine rings is 3. The smallest absolute Gasteiger partial charge is 0.410 e. The van der Waals surface area contributed by atoms with Gasteiger partial charge in [0.1, 0.15) is 67.8 Å². The molecule has 26 nitrogen and oxygen atoms in total. The molecule has 6 fully saturated rings. The second-order valence-corrected chi connectivity index (χ2v) is 31.9. The molecule has 9 aromatic heterocycles. The van der Waals surface area contributed by atoms with E-state index in [1.807, 2.05) is 46.4 Å². The van der Waals surface area contributed by atoms with Crippen LogP contribution in [0.4, 0.5) is 22.8 Å². The number of hydrogen-bond donors (Lipinski definition) is 2. The first kappa shape index (κ1) is 82.1. The molecule has 9 aromatic rings. The number of ether oxygens (including phenoxy) is 5. The lowest BCUT2D eigenvalue weighted by atomic mass is 9.93. The summed E-state index contributed by atoms with van der Waals surface area (Å²) in [7, 11) is 0. The molecule has 0 aromatic carbocycles. The topological polar surface area (TPSA) is 264 Å². The zero-order valence-electron chi connectivity index (χ0n) is 65.2. The van der Waals surface area contributed by atoms with Crippen molar-refractivity contribution in [2.75, 3.05) is 144 Å². The monoisotopic (exact) mass is 1550 g/mol. The Morgan fingerprint density at radius 2 is 0.865 bits per heavy atom. The highest BCUT2D eigenvalue weighted by atomic mass is 35.5. The van der Waals surface area contributed by atoms with E-state index in [1.54, 1.807) is 61.0 Å². The molecule has 598 valence electrons. The van der Waals surface area contributed by atoms with Gasteiger partial charge in [0.25, 0.3) is 0 Å². The SMILES string of the molecule is CC(C)(C)OC(=O)N1CCC[C@@H](Cc2cc(CCCN3CCOCC3)nc(-c3cnc4ccc(F)cn34)n2)C1.CC(C)(C)OC(=O)N1CCC[C@@H](Cc2cc(Cl)nc(-c3cnc4ccc(F)cn34)n2)C1.Fc1ccc2ncc(-c3nc(CCCN4CCOCC4)cc(C[C@@H]4CCCNC4)n3)n2c1.NCCN1CCOCC1. The van der Waals surface area contributed by atoms with Crippen molar-refractivity contribution in [2.45, 2.75) is 136 Å². The average Bonchev–Trinajstić information content (AvgIpc) is 1.69. The lowest BCUT2D eigenvalue weighted by Crippen LogP contribution is -2.43. The molecule has 0 saturated carbocycles. The van der Waals surface area contributed by atoms with Crippen LogP contribution in [0.2, 0.25) is 5.15 Å². The number of carbonyl (C=O) groups excluding carboxylic acids is 2. The first-order valence-corrected chi connectivity index (χ1v) is 39.9. The minimum atomic E-state index is -0.521. The molecule has 0 radical (unpaired) electrons. The van der Waals surface area contributed by atoms with E-state index >= 15 is 0 Å². The van der Waals surface area contributed by atoms with Crippen LogP contribution >= 0.6 is 11.6 Å². The molecule has 6 aliphatic rings. The normalized spacial score (nSPS) is 19.1. The van der Waals surface area contributed by atoms with Crippen molar-refractivity contribution in [3.63, 3.8) is 0 Å². The highest BCUT2D eigenvalue weighted by Crippen LogP contribution is 2.30. The number of nitrogens with one attached hydrogen (secondary N) is 1. The maximum absolute atomic E-state index is 14.1. The van der Waals surface area contributed by atoms with E-state index < -0.39 is 11.2 Å². The third kappa shape index (κ3) is 24.6. The second kappa shape index (κ2) is 39.4. The van der Waals surface area contributed by atoms with Gasteiger partial charge in [0.15, 0.2) is 17.5 Å². The Balaban J connectivity index is 0.000000147. The Bertz CT molecular complexity index is 4490. The summed E-state index contributed by atoms with van der Waals surface area (Å²) in [6.07, 6.45) is 21.1. The predicted octanol–water partition coefficient (Wildman–Crippen LogP) is 11.2. The molecule has 111 heavy (non-hydrogen) atoms. The van der Waals surface area contributed by atoms with Gasteiger partial charge in [-0.05, 0) is 224 Å². The molecule has 2 amide bonds. The van der Waals surface area contributed by atoms with Crippen LogP contribution in [0.5, 0.6) is 0 Å². The Labute approximate surface area is 653 Å². The number of carbonyl (C=O) groups is 2. The lowest BCUT2D eigenvalue weighted by Gasteiger charge is -2.34. The lowest BCUT2D eigenvalue weighted by molar-refractivity contribution is 0.0156. The minimum Gasteiger partial charge on any atom is -0.444 e. The number of amides is 2. The van der Waals surface area contributed by atoms with Crippen molar-refractivity contribution in [1.29, 1.82) is 0 Å². The molecule has 0 aliphatic carbocycles. The van der Waals surface area contributed by atoms with Gasteiger partial charge in [0, 0.05) is 126 Å². The number of aryl methyl sites for hydroxylation is 2. The minimum absolute atomic E-state index is 0.236. The summed E-state index contributed by atoms with van der Waals surface area (Å²) in [5.74, 6) is 1.65. The third-order valence-corrected chi connectivity index (χ3v) is 20.5. The molecule has 0 spiro atoms. The van der Waals surface area contributed by atoms with E-state index in [2.05, 4.69) is 57.1 Å². The summed E-state index contributed by atoms with van der Waals surface area (Å²) in [4.78, 5) is 77.6. The quantitative estimate of drug-likeness (QED) is 0.0713. The van der Waals surface area contributed by atoms with Gasteiger partial charge in [-0.2, -0.15) is 0 Å². The number of likely N-dealkylation sites (tertiary alicyclic amines) is 2. The third-order valence-electron chi connectivity index (χ3n) is 20.3. The van der Waals surface area contributed by atoms with E-state index in [4.69, 9.17) is 61.0 Å². The maximum Gasteiger partial charge on any atom is 0.410 e. The van der Waals surface area contributed by atoms with Crippen molar-refractivity contribution in [3.05, 3.63) is 143 Å². The van der Waals surface area contributed by atoms with Gasteiger partial charge in [-0.25, -0.2) is 67.6 Å². The Hall–Kier alpha value is -8.39. The number of halogens is 4. The van der Waals surface area contributed by atoms with E-state index in [0.29, 0.717) is 89.5 Å². The van der Waals surface area contributed by atoms with Crippen LogP contribution in [-0.2, 0) is 55.8 Å². The summed E-state index contributed by atoms with van der Waals surface area (Å²) in [6.45, 7) is 30.9. The van der Waals surface area contributed by atoms with E-state index in [1.165, 1.54) is 49.6 Å². The Morgan fingerprint density at radius 3 is 1.25 bits per heavy atom. The van der Waals surface area contributed by atoms with Gasteiger partial charge < -0.3 is 44.5 Å². The molecule has 0 unspecified atom stereocenters. The van der Waals surface area contributed by atoms with Crippen molar-refractivity contribution in [2.24, 2.45) is 23.5 Å². The van der Waals surface area contributed by atoms with Gasteiger partial charge >= 0.3 is 12.2 Å². The highest BCUT2D eigenvalue weighted by molar-refractivity contribution is 6.29. The molecular formula is C81H109ClF3N19O7. The second-order valence-electron chi connectivity index (χ2n) is 31.6. The summed E-state index contributed by atoms with van der Waals surface area (Å²) in [6, 6.07) is 15.1. The highest BCUT2D eigenvalue weighted by Gasteiger charge is 2.31. The number of morpholine rings is 3.